The van der Waals surface area contributed by atoms with E-state index in [2.05, 4.69) is 0 Å². The van der Waals surface area contributed by atoms with E-state index in [9.17, 15) is 14.4 Å². The summed E-state index contributed by atoms with van der Waals surface area (Å²) in [6.07, 6.45) is 1.06. The van der Waals surface area contributed by atoms with Gasteiger partial charge in [0, 0.05) is 13.0 Å². The van der Waals surface area contributed by atoms with Crippen molar-refractivity contribution in [3.05, 3.63) is 34.4 Å². The van der Waals surface area contributed by atoms with Crippen molar-refractivity contribution in [3.63, 3.8) is 0 Å². The molecule has 5 heteroatoms. The van der Waals surface area contributed by atoms with E-state index in [0.29, 0.717) is 24.9 Å². The van der Waals surface area contributed by atoms with Gasteiger partial charge in [0.25, 0.3) is 5.91 Å². The van der Waals surface area contributed by atoms with Gasteiger partial charge in [-0.3, -0.25) is 14.5 Å². The molecular formula is C16H19NO4. The van der Waals surface area contributed by atoms with Gasteiger partial charge in [0.05, 0.1) is 5.56 Å². The van der Waals surface area contributed by atoms with E-state index < -0.39 is 18.5 Å². The second-order valence-corrected chi connectivity index (χ2v) is 5.39. The standard InChI is InChI=1S/C16H19NO4/c1-10-7-11(2)15(12(3)8-10)16(20)21-9-14(19)17-6-4-5-13(17)18/h7-8H,4-6,9H2,1-3H3. The lowest BCUT2D eigenvalue weighted by atomic mass is 10.00. The molecule has 112 valence electrons. The van der Waals surface area contributed by atoms with Gasteiger partial charge >= 0.3 is 5.97 Å². The van der Waals surface area contributed by atoms with Crippen molar-refractivity contribution in [2.75, 3.05) is 13.2 Å². The van der Waals surface area contributed by atoms with E-state index in [0.717, 1.165) is 21.6 Å². The van der Waals surface area contributed by atoms with Crippen LogP contribution in [-0.4, -0.2) is 35.8 Å². The van der Waals surface area contributed by atoms with Crippen LogP contribution in [0.5, 0.6) is 0 Å². The first-order valence-electron chi connectivity index (χ1n) is 6.98. The highest BCUT2D eigenvalue weighted by molar-refractivity contribution is 5.99. The Hall–Kier alpha value is -2.17. The maximum absolute atomic E-state index is 12.1. The molecule has 1 fully saturated rings. The fourth-order valence-corrected chi connectivity index (χ4v) is 2.69. The largest absolute Gasteiger partial charge is 0.452 e. The summed E-state index contributed by atoms with van der Waals surface area (Å²) in [7, 11) is 0. The predicted octanol–water partition coefficient (Wildman–Crippen LogP) is 1.92. The Morgan fingerprint density at radius 1 is 1.19 bits per heavy atom. The molecule has 2 rings (SSSR count). The third-order valence-corrected chi connectivity index (χ3v) is 3.58. The van der Waals surface area contributed by atoms with Gasteiger partial charge in [0.15, 0.2) is 6.61 Å². The summed E-state index contributed by atoms with van der Waals surface area (Å²) >= 11 is 0. The summed E-state index contributed by atoms with van der Waals surface area (Å²) < 4.78 is 5.07. The average Bonchev–Trinajstić information content (AvgIpc) is 2.81. The summed E-state index contributed by atoms with van der Waals surface area (Å²) in [6, 6.07) is 3.80. The molecule has 0 radical (unpaired) electrons. The number of amides is 2. The van der Waals surface area contributed by atoms with Crippen LogP contribution in [-0.2, 0) is 14.3 Å². The highest BCUT2D eigenvalue weighted by Crippen LogP contribution is 2.17. The van der Waals surface area contributed by atoms with Crippen LogP contribution in [0.1, 0.15) is 39.9 Å². The van der Waals surface area contributed by atoms with Gasteiger partial charge in [-0.05, 0) is 38.3 Å². The minimum absolute atomic E-state index is 0.196. The van der Waals surface area contributed by atoms with Crippen molar-refractivity contribution < 1.29 is 19.1 Å². The first kappa shape index (κ1) is 15.2. The van der Waals surface area contributed by atoms with Crippen LogP contribution < -0.4 is 0 Å². The van der Waals surface area contributed by atoms with Crippen molar-refractivity contribution in [1.29, 1.82) is 0 Å². The zero-order valence-electron chi connectivity index (χ0n) is 12.6. The Kier molecular flexibility index (Phi) is 4.40. The molecule has 2 amide bonds. The normalized spacial score (nSPS) is 14.4. The van der Waals surface area contributed by atoms with Crippen LogP contribution in [0.4, 0.5) is 0 Å². The molecule has 1 aromatic rings. The van der Waals surface area contributed by atoms with Crippen LogP contribution in [0.2, 0.25) is 0 Å². The number of carbonyl (C=O) groups excluding carboxylic acids is 3. The number of benzene rings is 1. The smallest absolute Gasteiger partial charge is 0.339 e. The van der Waals surface area contributed by atoms with E-state index in [-0.39, 0.29) is 5.91 Å². The van der Waals surface area contributed by atoms with Gasteiger partial charge < -0.3 is 4.74 Å². The van der Waals surface area contributed by atoms with Gasteiger partial charge in [-0.15, -0.1) is 0 Å². The van der Waals surface area contributed by atoms with Crippen molar-refractivity contribution in [3.8, 4) is 0 Å². The van der Waals surface area contributed by atoms with Crippen molar-refractivity contribution >= 4 is 17.8 Å². The molecule has 0 aromatic heterocycles. The zero-order valence-corrected chi connectivity index (χ0v) is 12.6. The Labute approximate surface area is 123 Å². The second-order valence-electron chi connectivity index (χ2n) is 5.39. The molecule has 0 atom stereocenters. The minimum Gasteiger partial charge on any atom is -0.452 e. The van der Waals surface area contributed by atoms with Gasteiger partial charge in [0.2, 0.25) is 5.91 Å². The summed E-state index contributed by atoms with van der Waals surface area (Å²) in [4.78, 5) is 36.6. The Bertz CT molecular complexity index is 583. The lowest BCUT2D eigenvalue weighted by Crippen LogP contribution is -2.35. The maximum atomic E-state index is 12.1. The van der Waals surface area contributed by atoms with Crippen LogP contribution in [0.15, 0.2) is 12.1 Å². The third kappa shape index (κ3) is 3.29. The number of imide groups is 1. The number of rotatable bonds is 3. The molecular weight excluding hydrogens is 270 g/mol. The number of carbonyl (C=O) groups is 3. The van der Waals surface area contributed by atoms with Gasteiger partial charge in [-0.2, -0.15) is 0 Å². The summed E-state index contributed by atoms with van der Waals surface area (Å²) in [5.41, 5.74) is 3.20. The third-order valence-electron chi connectivity index (χ3n) is 3.58. The molecule has 21 heavy (non-hydrogen) atoms. The molecule has 0 N–H and O–H groups in total. The molecule has 0 bridgehead atoms. The van der Waals surface area contributed by atoms with Crippen molar-refractivity contribution in [2.45, 2.75) is 33.6 Å². The maximum Gasteiger partial charge on any atom is 0.339 e. The van der Waals surface area contributed by atoms with Crippen LogP contribution in [0.25, 0.3) is 0 Å². The highest BCUT2D eigenvalue weighted by atomic mass is 16.5. The van der Waals surface area contributed by atoms with E-state index in [1.807, 2.05) is 32.9 Å². The number of likely N-dealkylation sites (tertiary alicyclic amines) is 1. The summed E-state index contributed by atoms with van der Waals surface area (Å²) in [5, 5.41) is 0. The SMILES string of the molecule is Cc1cc(C)c(C(=O)OCC(=O)N2CCCC2=O)c(C)c1. The fourth-order valence-electron chi connectivity index (χ4n) is 2.69. The number of aryl methyl sites for hydroxylation is 3. The molecule has 0 unspecified atom stereocenters. The Balaban J connectivity index is 2.02. The molecule has 5 nitrogen and oxygen atoms in total. The molecule has 0 aliphatic carbocycles. The van der Waals surface area contributed by atoms with Gasteiger partial charge in [-0.1, -0.05) is 17.7 Å². The number of nitrogens with zero attached hydrogens (tertiary/aromatic N) is 1. The highest BCUT2D eigenvalue weighted by Gasteiger charge is 2.27. The van der Waals surface area contributed by atoms with E-state index in [1.165, 1.54) is 0 Å². The van der Waals surface area contributed by atoms with Gasteiger partial charge in [0.1, 0.15) is 0 Å². The molecule has 1 heterocycles. The lowest BCUT2D eigenvalue weighted by Gasteiger charge is -2.14. The zero-order chi connectivity index (χ0) is 15.6. The van der Waals surface area contributed by atoms with Gasteiger partial charge in [-0.25, -0.2) is 4.79 Å². The molecule has 0 saturated carbocycles. The number of esters is 1. The predicted molar refractivity (Wildman–Crippen MR) is 76.9 cm³/mol. The summed E-state index contributed by atoms with van der Waals surface area (Å²) in [6.45, 7) is 5.65. The first-order chi connectivity index (χ1) is 9.90. The van der Waals surface area contributed by atoms with E-state index in [4.69, 9.17) is 4.74 Å². The topological polar surface area (TPSA) is 63.7 Å². The Morgan fingerprint density at radius 2 is 1.81 bits per heavy atom. The van der Waals surface area contributed by atoms with Crippen LogP contribution in [0, 0.1) is 20.8 Å². The fraction of sp³-hybridized carbons (Fsp3) is 0.438. The number of hydrogen-bond acceptors (Lipinski definition) is 4. The number of ether oxygens (including phenoxy) is 1. The van der Waals surface area contributed by atoms with Crippen LogP contribution >= 0.6 is 0 Å². The molecule has 1 aromatic carbocycles. The lowest BCUT2D eigenvalue weighted by molar-refractivity contribution is -0.143. The Morgan fingerprint density at radius 3 is 2.33 bits per heavy atom. The average molecular weight is 289 g/mol. The molecule has 1 aliphatic heterocycles. The molecule has 1 aliphatic rings. The monoisotopic (exact) mass is 289 g/mol. The first-order valence-corrected chi connectivity index (χ1v) is 6.98. The minimum atomic E-state index is -0.523. The molecule has 0 spiro atoms. The van der Waals surface area contributed by atoms with Crippen molar-refractivity contribution in [1.82, 2.24) is 4.90 Å². The van der Waals surface area contributed by atoms with Crippen LogP contribution in [0.3, 0.4) is 0 Å². The molecule has 1 saturated heterocycles. The van der Waals surface area contributed by atoms with Crippen molar-refractivity contribution in [2.24, 2.45) is 0 Å². The quantitative estimate of drug-likeness (QED) is 0.797. The van der Waals surface area contributed by atoms with E-state index >= 15 is 0 Å². The number of hydrogen-bond donors (Lipinski definition) is 0. The van der Waals surface area contributed by atoms with E-state index in [1.54, 1.807) is 0 Å². The second kappa shape index (κ2) is 6.08. The summed E-state index contributed by atoms with van der Waals surface area (Å²) in [5.74, 6) is -1.17.